The zero-order chi connectivity index (χ0) is 16.5. The van der Waals surface area contributed by atoms with Gasteiger partial charge in [-0.15, -0.1) is 0 Å². The molecule has 0 aromatic carbocycles. The third-order valence-corrected chi connectivity index (χ3v) is 3.42. The number of hydrogen-bond donors (Lipinski definition) is 4. The van der Waals surface area contributed by atoms with Crippen LogP contribution in [0.15, 0.2) is 0 Å². The van der Waals surface area contributed by atoms with Crippen molar-refractivity contribution in [2.45, 2.75) is 51.4 Å². The first-order chi connectivity index (χ1) is 10.7. The first-order valence-electron chi connectivity index (χ1n) is 8.53. The fourth-order valence-corrected chi connectivity index (χ4v) is 2.21. The highest BCUT2D eigenvalue weighted by molar-refractivity contribution is 5.78. The summed E-state index contributed by atoms with van der Waals surface area (Å²) in [5.74, 6) is 0.147. The number of carbonyl (C=O) groups excluding carboxylic acids is 2. The van der Waals surface area contributed by atoms with Crippen molar-refractivity contribution in [1.82, 2.24) is 21.3 Å². The number of likely N-dealkylation sites (N-methyl/N-ethyl adjacent to an activating group) is 2. The van der Waals surface area contributed by atoms with Gasteiger partial charge in [-0.3, -0.25) is 9.59 Å². The maximum Gasteiger partial charge on any atom is 0.233 e. The monoisotopic (exact) mass is 314 g/mol. The number of rotatable bonds is 15. The molecule has 0 radical (unpaired) electrons. The largest absolute Gasteiger partial charge is 0.355 e. The standard InChI is InChI=1S/C16H34N4O2/c1-17-13-15(21)19-11-9-7-5-3-4-6-8-10-12-20-16(22)14-18-2/h17-18H,3-14H2,1-2H3,(H,19,21)(H,20,22). The number of hydrogen-bond acceptors (Lipinski definition) is 4. The highest BCUT2D eigenvalue weighted by Crippen LogP contribution is 2.07. The summed E-state index contributed by atoms with van der Waals surface area (Å²) in [7, 11) is 3.55. The van der Waals surface area contributed by atoms with Gasteiger partial charge < -0.3 is 21.3 Å². The Morgan fingerprint density at radius 1 is 0.591 bits per heavy atom. The van der Waals surface area contributed by atoms with Crippen molar-refractivity contribution < 1.29 is 9.59 Å². The van der Waals surface area contributed by atoms with E-state index in [4.69, 9.17) is 0 Å². The van der Waals surface area contributed by atoms with Crippen molar-refractivity contribution in [1.29, 1.82) is 0 Å². The van der Waals surface area contributed by atoms with Gasteiger partial charge in [0.05, 0.1) is 13.1 Å². The average Bonchev–Trinajstić information content (AvgIpc) is 2.49. The molecule has 0 aromatic rings. The molecule has 2 amide bonds. The SMILES string of the molecule is CNCC(=O)NCCCCCCCCCCNC(=O)CNC. The van der Waals surface area contributed by atoms with Crippen molar-refractivity contribution in [2.24, 2.45) is 0 Å². The molecule has 0 saturated carbocycles. The molecular weight excluding hydrogens is 280 g/mol. The summed E-state index contributed by atoms with van der Waals surface area (Å²) < 4.78 is 0. The lowest BCUT2D eigenvalue weighted by Gasteiger charge is -2.06. The van der Waals surface area contributed by atoms with E-state index in [1.165, 1.54) is 38.5 Å². The van der Waals surface area contributed by atoms with Crippen molar-refractivity contribution in [3.63, 3.8) is 0 Å². The highest BCUT2D eigenvalue weighted by Gasteiger charge is 1.98. The van der Waals surface area contributed by atoms with E-state index in [1.54, 1.807) is 14.1 Å². The second kappa shape index (κ2) is 16.2. The summed E-state index contributed by atoms with van der Waals surface area (Å²) in [5, 5.41) is 11.4. The maximum absolute atomic E-state index is 11.2. The van der Waals surface area contributed by atoms with E-state index in [-0.39, 0.29) is 11.8 Å². The van der Waals surface area contributed by atoms with Crippen LogP contribution in [0, 0.1) is 0 Å². The van der Waals surface area contributed by atoms with Gasteiger partial charge in [0.2, 0.25) is 11.8 Å². The normalized spacial score (nSPS) is 10.5. The maximum atomic E-state index is 11.2. The van der Waals surface area contributed by atoms with E-state index in [0.717, 1.165) is 25.9 Å². The zero-order valence-electron chi connectivity index (χ0n) is 14.3. The van der Waals surface area contributed by atoms with Crippen LogP contribution in [0.25, 0.3) is 0 Å². The molecule has 0 spiro atoms. The Bertz CT molecular complexity index is 257. The molecule has 0 aromatic heterocycles. The molecule has 0 fully saturated rings. The van der Waals surface area contributed by atoms with Crippen LogP contribution >= 0.6 is 0 Å². The third kappa shape index (κ3) is 15.3. The van der Waals surface area contributed by atoms with Gasteiger partial charge in [0.15, 0.2) is 0 Å². The molecule has 0 unspecified atom stereocenters. The molecule has 0 aliphatic rings. The number of nitrogens with one attached hydrogen (secondary N) is 4. The van der Waals surface area contributed by atoms with Crippen LogP contribution < -0.4 is 21.3 Å². The summed E-state index contributed by atoms with van der Waals surface area (Å²) in [4.78, 5) is 22.4. The van der Waals surface area contributed by atoms with Crippen molar-refractivity contribution in [3.8, 4) is 0 Å². The summed E-state index contributed by atoms with van der Waals surface area (Å²) in [6, 6.07) is 0. The molecule has 6 nitrogen and oxygen atoms in total. The van der Waals surface area contributed by atoms with E-state index in [0.29, 0.717) is 13.1 Å². The van der Waals surface area contributed by atoms with Gasteiger partial charge in [0, 0.05) is 13.1 Å². The first-order valence-corrected chi connectivity index (χ1v) is 8.53. The molecule has 0 rings (SSSR count). The second-order valence-electron chi connectivity index (χ2n) is 5.59. The lowest BCUT2D eigenvalue weighted by atomic mass is 10.1. The van der Waals surface area contributed by atoms with Crippen LogP contribution in [0.1, 0.15) is 51.4 Å². The Morgan fingerprint density at radius 2 is 0.909 bits per heavy atom. The van der Waals surface area contributed by atoms with Crippen LogP contribution in [0.3, 0.4) is 0 Å². The number of unbranched alkanes of at least 4 members (excludes halogenated alkanes) is 7. The van der Waals surface area contributed by atoms with E-state index < -0.39 is 0 Å². The van der Waals surface area contributed by atoms with Gasteiger partial charge in [0.25, 0.3) is 0 Å². The Morgan fingerprint density at radius 3 is 1.23 bits per heavy atom. The molecule has 0 saturated heterocycles. The highest BCUT2D eigenvalue weighted by atomic mass is 16.2. The molecule has 0 aliphatic heterocycles. The van der Waals surface area contributed by atoms with Gasteiger partial charge >= 0.3 is 0 Å². The van der Waals surface area contributed by atoms with Crippen LogP contribution in [0.5, 0.6) is 0 Å². The number of amides is 2. The fraction of sp³-hybridized carbons (Fsp3) is 0.875. The van der Waals surface area contributed by atoms with Crippen LogP contribution in [0.2, 0.25) is 0 Å². The molecule has 0 heterocycles. The van der Waals surface area contributed by atoms with Gasteiger partial charge in [-0.05, 0) is 26.9 Å². The topological polar surface area (TPSA) is 82.3 Å². The summed E-state index contributed by atoms with van der Waals surface area (Å²) in [5.41, 5.74) is 0. The van der Waals surface area contributed by atoms with E-state index in [9.17, 15) is 9.59 Å². The molecule has 6 heteroatoms. The molecular formula is C16H34N4O2. The molecule has 0 atom stereocenters. The van der Waals surface area contributed by atoms with Gasteiger partial charge in [-0.1, -0.05) is 38.5 Å². The molecule has 0 bridgehead atoms. The van der Waals surface area contributed by atoms with Crippen LogP contribution in [-0.4, -0.2) is 52.1 Å². The quantitative estimate of drug-likeness (QED) is 0.337. The Kier molecular flexibility index (Phi) is 15.4. The minimum absolute atomic E-state index is 0.0734. The predicted octanol–water partition coefficient (Wildman–Crippen LogP) is 0.778. The van der Waals surface area contributed by atoms with Crippen LogP contribution in [0.4, 0.5) is 0 Å². The Balaban J connectivity index is 3.11. The van der Waals surface area contributed by atoms with Crippen molar-refractivity contribution >= 4 is 11.8 Å². The van der Waals surface area contributed by atoms with Gasteiger partial charge in [-0.2, -0.15) is 0 Å². The van der Waals surface area contributed by atoms with Gasteiger partial charge in [-0.25, -0.2) is 0 Å². The fourth-order valence-electron chi connectivity index (χ4n) is 2.21. The lowest BCUT2D eigenvalue weighted by Crippen LogP contribution is -2.32. The first kappa shape index (κ1) is 20.9. The van der Waals surface area contributed by atoms with E-state index in [2.05, 4.69) is 21.3 Å². The van der Waals surface area contributed by atoms with E-state index in [1.807, 2.05) is 0 Å². The molecule has 130 valence electrons. The zero-order valence-corrected chi connectivity index (χ0v) is 14.3. The summed E-state index contributed by atoms with van der Waals surface area (Å²) in [6.45, 7) is 2.37. The summed E-state index contributed by atoms with van der Waals surface area (Å²) >= 11 is 0. The summed E-state index contributed by atoms with van der Waals surface area (Å²) in [6.07, 6.45) is 9.48. The molecule has 0 aliphatic carbocycles. The van der Waals surface area contributed by atoms with E-state index >= 15 is 0 Å². The minimum atomic E-state index is 0.0734. The molecule has 4 N–H and O–H groups in total. The Labute approximate surface area is 135 Å². The average molecular weight is 314 g/mol. The third-order valence-electron chi connectivity index (χ3n) is 3.42. The smallest absolute Gasteiger partial charge is 0.233 e. The van der Waals surface area contributed by atoms with Gasteiger partial charge in [0.1, 0.15) is 0 Å². The minimum Gasteiger partial charge on any atom is -0.355 e. The predicted molar refractivity (Wildman–Crippen MR) is 90.8 cm³/mol. The van der Waals surface area contributed by atoms with Crippen LogP contribution in [-0.2, 0) is 9.59 Å². The lowest BCUT2D eigenvalue weighted by molar-refractivity contribution is -0.121. The number of carbonyl (C=O) groups is 2. The van der Waals surface area contributed by atoms with Crippen molar-refractivity contribution in [3.05, 3.63) is 0 Å². The Hall–Kier alpha value is -1.14. The van der Waals surface area contributed by atoms with Crippen molar-refractivity contribution in [2.75, 3.05) is 40.3 Å². The second-order valence-corrected chi connectivity index (χ2v) is 5.59. The molecule has 22 heavy (non-hydrogen) atoms.